The smallest absolute Gasteiger partial charge is 0.321 e. The third kappa shape index (κ3) is 2.49. The predicted molar refractivity (Wildman–Crippen MR) is 47.5 cm³/mol. The zero-order chi connectivity index (χ0) is 10.1. The number of hydrogen-bond acceptors (Lipinski definition) is 1. The van der Waals surface area contributed by atoms with Gasteiger partial charge < -0.3 is 9.79 Å². The van der Waals surface area contributed by atoms with Crippen molar-refractivity contribution in [2.75, 3.05) is 0 Å². The lowest BCUT2D eigenvalue weighted by Gasteiger charge is -2.06. The fourth-order valence-electron chi connectivity index (χ4n) is 0.810. The van der Waals surface area contributed by atoms with Gasteiger partial charge in [-0.05, 0) is 17.7 Å². The average Bonchev–Trinajstić information content (AvgIpc) is 2.03. The summed E-state index contributed by atoms with van der Waals surface area (Å²) >= 11 is 0. The standard InChI is InChI=1S/C8H8FO3P/c1-6(13(10,11)12)7-2-4-8(9)5-3-7/h2-5H,1H2,(H2,10,11,12). The summed E-state index contributed by atoms with van der Waals surface area (Å²) in [6, 6.07) is 4.79. The summed E-state index contributed by atoms with van der Waals surface area (Å²) in [6.45, 7) is 3.24. The molecule has 0 aliphatic rings. The zero-order valence-electron chi connectivity index (χ0n) is 6.64. The number of halogens is 1. The summed E-state index contributed by atoms with van der Waals surface area (Å²) in [5.74, 6) is -0.456. The Balaban J connectivity index is 3.04. The van der Waals surface area contributed by atoms with Crippen molar-refractivity contribution in [3.05, 3.63) is 42.2 Å². The minimum atomic E-state index is -4.31. The van der Waals surface area contributed by atoms with E-state index in [1.165, 1.54) is 12.1 Å². The molecule has 2 N–H and O–H groups in total. The molecule has 0 radical (unpaired) electrons. The lowest BCUT2D eigenvalue weighted by atomic mass is 10.2. The van der Waals surface area contributed by atoms with E-state index in [-0.39, 0.29) is 10.9 Å². The highest BCUT2D eigenvalue weighted by molar-refractivity contribution is 7.63. The first-order chi connectivity index (χ1) is 5.91. The molecule has 0 fully saturated rings. The highest BCUT2D eigenvalue weighted by Crippen LogP contribution is 2.49. The third-order valence-corrected chi connectivity index (χ3v) is 2.49. The van der Waals surface area contributed by atoms with Gasteiger partial charge in [-0.3, -0.25) is 4.57 Å². The summed E-state index contributed by atoms with van der Waals surface area (Å²) in [5, 5.41) is -0.299. The van der Waals surface area contributed by atoms with Gasteiger partial charge in [0.1, 0.15) is 5.82 Å². The molecule has 0 heterocycles. The van der Waals surface area contributed by atoms with Crippen LogP contribution >= 0.6 is 7.60 Å². The van der Waals surface area contributed by atoms with Gasteiger partial charge in [-0.15, -0.1) is 0 Å². The second-order valence-corrected chi connectivity index (χ2v) is 4.13. The van der Waals surface area contributed by atoms with E-state index in [0.717, 1.165) is 12.1 Å². The monoisotopic (exact) mass is 202 g/mol. The van der Waals surface area contributed by atoms with Crippen LogP contribution in [0.25, 0.3) is 5.31 Å². The van der Waals surface area contributed by atoms with Crippen LogP contribution in [0.15, 0.2) is 30.8 Å². The van der Waals surface area contributed by atoms with Crippen molar-refractivity contribution >= 4 is 12.9 Å². The summed E-state index contributed by atoms with van der Waals surface area (Å²) in [7, 11) is -4.31. The van der Waals surface area contributed by atoms with Crippen molar-refractivity contribution < 1.29 is 18.7 Å². The predicted octanol–water partition coefficient (Wildman–Crippen LogP) is 1.97. The van der Waals surface area contributed by atoms with Crippen LogP contribution in [-0.4, -0.2) is 9.79 Å². The van der Waals surface area contributed by atoms with Crippen molar-refractivity contribution in [1.82, 2.24) is 0 Å². The Morgan fingerprint density at radius 1 is 1.31 bits per heavy atom. The van der Waals surface area contributed by atoms with Crippen molar-refractivity contribution in [2.24, 2.45) is 0 Å². The maximum absolute atomic E-state index is 12.4. The van der Waals surface area contributed by atoms with Crippen LogP contribution in [0.3, 0.4) is 0 Å². The second-order valence-electron chi connectivity index (χ2n) is 2.50. The molecule has 70 valence electrons. The van der Waals surface area contributed by atoms with Gasteiger partial charge in [-0.1, -0.05) is 18.7 Å². The van der Waals surface area contributed by atoms with E-state index in [1.54, 1.807) is 0 Å². The highest BCUT2D eigenvalue weighted by atomic mass is 31.2. The molecule has 0 bridgehead atoms. The minimum Gasteiger partial charge on any atom is -0.321 e. The lowest BCUT2D eigenvalue weighted by molar-refractivity contribution is 0.388. The van der Waals surface area contributed by atoms with Crippen LogP contribution in [0.5, 0.6) is 0 Å². The summed E-state index contributed by atoms with van der Waals surface area (Å²) < 4.78 is 23.1. The van der Waals surface area contributed by atoms with Crippen LogP contribution in [0.1, 0.15) is 5.56 Å². The van der Waals surface area contributed by atoms with Gasteiger partial charge in [-0.2, -0.15) is 0 Å². The summed E-state index contributed by atoms with van der Waals surface area (Å²) in [6.07, 6.45) is 0. The van der Waals surface area contributed by atoms with Gasteiger partial charge in [0.15, 0.2) is 0 Å². The number of hydrogen-bond donors (Lipinski definition) is 2. The molecule has 0 unspecified atom stereocenters. The van der Waals surface area contributed by atoms with E-state index < -0.39 is 13.4 Å². The van der Waals surface area contributed by atoms with Crippen molar-refractivity contribution in [3.63, 3.8) is 0 Å². The quantitative estimate of drug-likeness (QED) is 0.721. The topological polar surface area (TPSA) is 57.5 Å². The molecule has 0 saturated carbocycles. The molecule has 13 heavy (non-hydrogen) atoms. The van der Waals surface area contributed by atoms with Gasteiger partial charge in [0.2, 0.25) is 0 Å². The summed E-state index contributed by atoms with van der Waals surface area (Å²) in [5.41, 5.74) is 0.245. The van der Waals surface area contributed by atoms with Gasteiger partial charge in [-0.25, -0.2) is 4.39 Å². The minimum absolute atomic E-state index is 0.245. The lowest BCUT2D eigenvalue weighted by Crippen LogP contribution is -1.85. The molecular weight excluding hydrogens is 194 g/mol. The molecule has 0 amide bonds. The fraction of sp³-hybridized carbons (Fsp3) is 0. The Hall–Kier alpha value is -0.960. The summed E-state index contributed by atoms with van der Waals surface area (Å²) in [4.78, 5) is 17.5. The van der Waals surface area contributed by atoms with Gasteiger partial charge in [0, 0.05) is 0 Å². The molecule has 0 aliphatic carbocycles. The van der Waals surface area contributed by atoms with Crippen molar-refractivity contribution in [2.45, 2.75) is 0 Å². The van der Waals surface area contributed by atoms with E-state index >= 15 is 0 Å². The maximum Gasteiger partial charge on any atom is 0.356 e. The van der Waals surface area contributed by atoms with E-state index in [9.17, 15) is 8.96 Å². The fourth-order valence-corrected chi connectivity index (χ4v) is 1.30. The molecule has 0 saturated heterocycles. The Kier molecular flexibility index (Phi) is 2.66. The maximum atomic E-state index is 12.4. The SMILES string of the molecule is C=C(c1ccc(F)cc1)P(=O)(O)O. The third-order valence-electron chi connectivity index (χ3n) is 1.53. The molecular formula is C8H8FO3P. The first-order valence-electron chi connectivity index (χ1n) is 3.42. The molecule has 5 heteroatoms. The molecule has 0 spiro atoms. The van der Waals surface area contributed by atoms with Gasteiger partial charge in [0.05, 0.1) is 5.31 Å². The van der Waals surface area contributed by atoms with E-state index in [4.69, 9.17) is 9.79 Å². The second kappa shape index (κ2) is 3.42. The highest BCUT2D eigenvalue weighted by Gasteiger charge is 2.19. The molecule has 1 aromatic carbocycles. The number of rotatable bonds is 2. The number of benzene rings is 1. The molecule has 1 aromatic rings. The van der Waals surface area contributed by atoms with E-state index in [1.807, 2.05) is 0 Å². The zero-order valence-corrected chi connectivity index (χ0v) is 7.54. The van der Waals surface area contributed by atoms with Crippen LogP contribution in [0, 0.1) is 5.82 Å². The van der Waals surface area contributed by atoms with Gasteiger partial charge in [0.25, 0.3) is 0 Å². The van der Waals surface area contributed by atoms with Gasteiger partial charge >= 0.3 is 7.60 Å². The molecule has 3 nitrogen and oxygen atoms in total. The molecule has 0 aliphatic heterocycles. The Morgan fingerprint density at radius 2 is 1.77 bits per heavy atom. The average molecular weight is 202 g/mol. The van der Waals surface area contributed by atoms with E-state index in [2.05, 4.69) is 6.58 Å². The van der Waals surface area contributed by atoms with Crippen molar-refractivity contribution in [3.8, 4) is 0 Å². The first kappa shape index (κ1) is 10.1. The van der Waals surface area contributed by atoms with Crippen LogP contribution in [0.4, 0.5) is 4.39 Å². The Morgan fingerprint density at radius 3 is 2.15 bits per heavy atom. The van der Waals surface area contributed by atoms with E-state index in [0.29, 0.717) is 0 Å². The Bertz CT molecular complexity index is 365. The van der Waals surface area contributed by atoms with Crippen LogP contribution < -0.4 is 0 Å². The largest absolute Gasteiger partial charge is 0.356 e. The van der Waals surface area contributed by atoms with Crippen LogP contribution in [0.2, 0.25) is 0 Å². The normalized spacial score (nSPS) is 11.3. The molecule has 0 aromatic heterocycles. The molecule has 1 rings (SSSR count). The van der Waals surface area contributed by atoms with Crippen LogP contribution in [-0.2, 0) is 4.57 Å². The molecule has 0 atom stereocenters. The first-order valence-corrected chi connectivity index (χ1v) is 5.03. The Labute approximate surface area is 74.7 Å². The van der Waals surface area contributed by atoms with Crippen molar-refractivity contribution in [1.29, 1.82) is 0 Å².